The second kappa shape index (κ2) is 8.28. The molecule has 0 aliphatic heterocycles. The van der Waals surface area contributed by atoms with Gasteiger partial charge in [0.15, 0.2) is 11.5 Å². The maximum absolute atomic E-state index is 12.5. The fourth-order valence-corrected chi connectivity index (χ4v) is 3.24. The van der Waals surface area contributed by atoms with E-state index >= 15 is 0 Å². The van der Waals surface area contributed by atoms with E-state index in [1.807, 2.05) is 42.5 Å². The molecule has 0 unspecified atom stereocenters. The molecule has 0 fully saturated rings. The summed E-state index contributed by atoms with van der Waals surface area (Å²) in [4.78, 5) is 17.0. The normalized spacial score (nSPS) is 10.9. The van der Waals surface area contributed by atoms with Gasteiger partial charge in [-0.2, -0.15) is 0 Å². The second-order valence-corrected chi connectivity index (χ2v) is 6.96. The van der Waals surface area contributed by atoms with Crippen LogP contribution in [0.1, 0.15) is 27.4 Å². The van der Waals surface area contributed by atoms with Crippen molar-refractivity contribution in [2.24, 2.45) is 0 Å². The number of carbonyl (C=O) groups excluding carboxylic acids is 1. The van der Waals surface area contributed by atoms with Gasteiger partial charge in [-0.25, -0.2) is 4.98 Å². The Morgan fingerprint density at radius 2 is 1.75 bits per heavy atom. The predicted octanol–water partition coefficient (Wildman–Crippen LogP) is 5.20. The van der Waals surface area contributed by atoms with Crippen molar-refractivity contribution in [1.82, 2.24) is 10.3 Å². The number of fused-ring (bicyclic) bond motifs is 1. The maximum Gasteiger partial charge on any atom is 0.251 e. The van der Waals surface area contributed by atoms with E-state index in [9.17, 15) is 4.79 Å². The lowest BCUT2D eigenvalue weighted by Gasteiger charge is -2.06. The molecule has 0 aliphatic carbocycles. The van der Waals surface area contributed by atoms with Crippen LogP contribution in [-0.4, -0.2) is 10.9 Å². The standard InChI is InChI=1S/C23H19ClN2O2/c24-19-9-5-4-8-18(19)15-25-23(27)17-11-12-20-21(14-17)28-22(26-20)13-10-16-6-2-1-3-7-16/h1-9,11-12,14H,10,13,15H2,(H,25,27). The third-order valence-electron chi connectivity index (χ3n) is 4.56. The van der Waals surface area contributed by atoms with E-state index < -0.39 is 0 Å². The lowest BCUT2D eigenvalue weighted by molar-refractivity contribution is 0.0951. The van der Waals surface area contributed by atoms with Crippen molar-refractivity contribution in [3.05, 3.63) is 100 Å². The number of aromatic nitrogens is 1. The third-order valence-corrected chi connectivity index (χ3v) is 4.93. The van der Waals surface area contributed by atoms with Crippen molar-refractivity contribution in [3.63, 3.8) is 0 Å². The molecule has 1 aromatic heterocycles. The van der Waals surface area contributed by atoms with Crippen LogP contribution in [0.4, 0.5) is 0 Å². The predicted molar refractivity (Wildman–Crippen MR) is 110 cm³/mol. The summed E-state index contributed by atoms with van der Waals surface area (Å²) < 4.78 is 5.85. The van der Waals surface area contributed by atoms with Crippen LogP contribution in [0.3, 0.4) is 0 Å². The minimum Gasteiger partial charge on any atom is -0.441 e. The van der Waals surface area contributed by atoms with Gasteiger partial charge in [0.1, 0.15) is 5.52 Å². The first-order chi connectivity index (χ1) is 13.7. The molecule has 4 aromatic rings. The van der Waals surface area contributed by atoms with E-state index in [2.05, 4.69) is 22.4 Å². The van der Waals surface area contributed by atoms with Gasteiger partial charge in [-0.15, -0.1) is 0 Å². The van der Waals surface area contributed by atoms with Crippen molar-refractivity contribution in [3.8, 4) is 0 Å². The monoisotopic (exact) mass is 390 g/mol. The van der Waals surface area contributed by atoms with E-state index in [1.54, 1.807) is 18.2 Å². The van der Waals surface area contributed by atoms with Gasteiger partial charge in [0.2, 0.25) is 0 Å². The summed E-state index contributed by atoms with van der Waals surface area (Å²) in [6, 6.07) is 23.0. The van der Waals surface area contributed by atoms with E-state index in [1.165, 1.54) is 5.56 Å². The maximum atomic E-state index is 12.5. The van der Waals surface area contributed by atoms with E-state index in [0.717, 1.165) is 17.5 Å². The first-order valence-electron chi connectivity index (χ1n) is 9.14. The van der Waals surface area contributed by atoms with Gasteiger partial charge in [0.25, 0.3) is 5.91 Å². The summed E-state index contributed by atoms with van der Waals surface area (Å²) in [6.07, 6.45) is 1.57. The van der Waals surface area contributed by atoms with Crippen LogP contribution in [0.15, 0.2) is 77.2 Å². The molecule has 1 amide bonds. The van der Waals surface area contributed by atoms with Crippen molar-refractivity contribution < 1.29 is 9.21 Å². The molecule has 4 rings (SSSR count). The zero-order chi connectivity index (χ0) is 19.3. The fraction of sp³-hybridized carbons (Fsp3) is 0.130. The lowest BCUT2D eigenvalue weighted by atomic mass is 10.1. The Labute approximate surface area is 168 Å². The van der Waals surface area contributed by atoms with Gasteiger partial charge in [-0.1, -0.05) is 60.1 Å². The average molecular weight is 391 g/mol. The Balaban J connectivity index is 1.43. The van der Waals surface area contributed by atoms with Crippen molar-refractivity contribution >= 4 is 28.6 Å². The number of halogens is 1. The van der Waals surface area contributed by atoms with E-state index in [4.69, 9.17) is 16.0 Å². The summed E-state index contributed by atoms with van der Waals surface area (Å²) in [6.45, 7) is 0.370. The van der Waals surface area contributed by atoms with E-state index in [0.29, 0.717) is 35.0 Å². The number of amides is 1. The van der Waals surface area contributed by atoms with Crippen LogP contribution in [-0.2, 0) is 19.4 Å². The number of hydrogen-bond acceptors (Lipinski definition) is 3. The Morgan fingerprint density at radius 3 is 2.57 bits per heavy atom. The Kier molecular flexibility index (Phi) is 5.40. The summed E-state index contributed by atoms with van der Waals surface area (Å²) in [5.41, 5.74) is 4.02. The molecule has 4 nitrogen and oxygen atoms in total. The summed E-state index contributed by atoms with van der Waals surface area (Å²) in [7, 11) is 0. The molecule has 5 heteroatoms. The SMILES string of the molecule is O=C(NCc1ccccc1Cl)c1ccc2nc(CCc3ccccc3)oc2c1. The Bertz CT molecular complexity index is 1110. The van der Waals surface area contributed by atoms with E-state index in [-0.39, 0.29) is 5.91 Å². The number of nitrogens with one attached hydrogen (secondary N) is 1. The first kappa shape index (κ1) is 18.3. The quantitative estimate of drug-likeness (QED) is 0.492. The molecular weight excluding hydrogens is 372 g/mol. The minimum atomic E-state index is -0.177. The Hall–Kier alpha value is -3.11. The molecule has 0 saturated heterocycles. The minimum absolute atomic E-state index is 0.177. The molecule has 0 atom stereocenters. The number of benzene rings is 3. The molecule has 0 radical (unpaired) electrons. The van der Waals surface area contributed by atoms with Crippen LogP contribution in [0.25, 0.3) is 11.1 Å². The van der Waals surface area contributed by atoms with Crippen molar-refractivity contribution in [2.75, 3.05) is 0 Å². The highest BCUT2D eigenvalue weighted by Crippen LogP contribution is 2.19. The fourth-order valence-electron chi connectivity index (χ4n) is 3.04. The largest absolute Gasteiger partial charge is 0.441 e. The molecule has 3 aromatic carbocycles. The highest BCUT2D eigenvalue weighted by molar-refractivity contribution is 6.31. The van der Waals surface area contributed by atoms with Gasteiger partial charge in [0, 0.05) is 23.6 Å². The van der Waals surface area contributed by atoms with Crippen LogP contribution < -0.4 is 5.32 Å². The van der Waals surface area contributed by atoms with Gasteiger partial charge >= 0.3 is 0 Å². The average Bonchev–Trinajstić information content (AvgIpc) is 3.14. The number of nitrogens with zero attached hydrogens (tertiary/aromatic N) is 1. The van der Waals surface area contributed by atoms with Crippen LogP contribution in [0.2, 0.25) is 5.02 Å². The number of hydrogen-bond donors (Lipinski definition) is 1. The lowest BCUT2D eigenvalue weighted by Crippen LogP contribution is -2.22. The number of aryl methyl sites for hydroxylation is 2. The molecule has 0 bridgehead atoms. The summed E-state index contributed by atoms with van der Waals surface area (Å²) in [5, 5.41) is 3.52. The second-order valence-electron chi connectivity index (χ2n) is 6.55. The summed E-state index contributed by atoms with van der Waals surface area (Å²) >= 11 is 6.13. The molecule has 0 aliphatic rings. The number of carbonyl (C=O) groups is 1. The van der Waals surface area contributed by atoms with Crippen LogP contribution >= 0.6 is 11.6 Å². The highest BCUT2D eigenvalue weighted by atomic mass is 35.5. The van der Waals surface area contributed by atoms with Crippen LogP contribution in [0.5, 0.6) is 0 Å². The number of oxazole rings is 1. The molecule has 0 spiro atoms. The molecule has 0 saturated carbocycles. The smallest absolute Gasteiger partial charge is 0.251 e. The van der Waals surface area contributed by atoms with Gasteiger partial charge in [-0.3, -0.25) is 4.79 Å². The first-order valence-corrected chi connectivity index (χ1v) is 9.52. The molecule has 28 heavy (non-hydrogen) atoms. The topological polar surface area (TPSA) is 55.1 Å². The van der Waals surface area contributed by atoms with Gasteiger partial charge in [0.05, 0.1) is 0 Å². The van der Waals surface area contributed by atoms with Gasteiger partial charge in [-0.05, 0) is 41.8 Å². The summed E-state index contributed by atoms with van der Waals surface area (Å²) in [5.74, 6) is 0.497. The highest BCUT2D eigenvalue weighted by Gasteiger charge is 2.11. The molecule has 1 heterocycles. The van der Waals surface area contributed by atoms with Crippen molar-refractivity contribution in [1.29, 1.82) is 0 Å². The molecular formula is C23H19ClN2O2. The van der Waals surface area contributed by atoms with Crippen LogP contribution in [0, 0.1) is 0 Å². The number of rotatable bonds is 6. The molecule has 140 valence electrons. The molecule has 1 N–H and O–H groups in total. The zero-order valence-corrected chi connectivity index (χ0v) is 15.9. The third kappa shape index (κ3) is 4.24. The zero-order valence-electron chi connectivity index (χ0n) is 15.2. The Morgan fingerprint density at radius 1 is 0.964 bits per heavy atom. The van der Waals surface area contributed by atoms with Gasteiger partial charge < -0.3 is 9.73 Å². The van der Waals surface area contributed by atoms with Crippen molar-refractivity contribution in [2.45, 2.75) is 19.4 Å².